The molecule has 0 atom stereocenters. The fourth-order valence-corrected chi connectivity index (χ4v) is 5.31. The number of pyridine rings is 1. The first kappa shape index (κ1) is 23.0. The van der Waals surface area contributed by atoms with Crippen LogP contribution in [-0.4, -0.2) is 24.9 Å². The molecule has 1 heterocycles. The van der Waals surface area contributed by atoms with Crippen LogP contribution >= 0.6 is 11.6 Å². The average Bonchev–Trinajstić information content (AvgIpc) is 3.49. The summed E-state index contributed by atoms with van der Waals surface area (Å²) >= 11 is 6.21. The second-order valence-electron chi connectivity index (χ2n) is 9.45. The predicted octanol–water partition coefficient (Wildman–Crippen LogP) is 4.97. The molecule has 6 nitrogen and oxygen atoms in total. The summed E-state index contributed by atoms with van der Waals surface area (Å²) in [4.78, 5) is 16.2. The number of carbonyl (C=O) groups excluding carboxylic acids is 1. The Morgan fingerprint density at radius 3 is 2.47 bits per heavy atom. The van der Waals surface area contributed by atoms with E-state index >= 15 is 0 Å². The topological polar surface area (TPSA) is 85.4 Å². The van der Waals surface area contributed by atoms with Gasteiger partial charge in [0.25, 0.3) is 15.9 Å². The lowest BCUT2D eigenvalue weighted by atomic mass is 9.71. The van der Waals surface area contributed by atoms with E-state index in [2.05, 4.69) is 18.8 Å². The zero-order valence-corrected chi connectivity index (χ0v) is 19.6. The molecular formula is C23H26ClFN2O4S. The molecule has 2 aromatic rings. The summed E-state index contributed by atoms with van der Waals surface area (Å²) in [5.41, 5.74) is -0.00661. The van der Waals surface area contributed by atoms with Crippen LogP contribution < -0.4 is 9.46 Å². The molecule has 172 valence electrons. The van der Waals surface area contributed by atoms with Gasteiger partial charge in [-0.25, -0.2) is 9.71 Å². The zero-order valence-electron chi connectivity index (χ0n) is 18.0. The molecule has 0 saturated heterocycles. The molecule has 1 N–H and O–H groups in total. The fourth-order valence-electron chi connectivity index (χ4n) is 4.15. The minimum Gasteiger partial charge on any atom is -0.477 e. The average molecular weight is 481 g/mol. The van der Waals surface area contributed by atoms with Crippen molar-refractivity contribution in [1.29, 1.82) is 0 Å². The van der Waals surface area contributed by atoms with Crippen LogP contribution in [0.15, 0.2) is 41.4 Å². The lowest BCUT2D eigenvalue weighted by Gasteiger charge is -2.35. The largest absolute Gasteiger partial charge is 0.477 e. The molecule has 2 aliphatic carbocycles. The van der Waals surface area contributed by atoms with Gasteiger partial charge in [0.1, 0.15) is 5.75 Å². The molecule has 9 heteroatoms. The van der Waals surface area contributed by atoms with E-state index in [0.29, 0.717) is 29.0 Å². The molecule has 0 radical (unpaired) electrons. The number of halogens is 2. The molecule has 2 fully saturated rings. The molecule has 2 saturated carbocycles. The van der Waals surface area contributed by atoms with Gasteiger partial charge in [-0.2, -0.15) is 12.8 Å². The minimum absolute atomic E-state index is 0.286. The van der Waals surface area contributed by atoms with Crippen LogP contribution in [0.1, 0.15) is 63.9 Å². The molecule has 4 rings (SSSR count). The van der Waals surface area contributed by atoms with Crippen LogP contribution in [0.3, 0.4) is 0 Å². The highest BCUT2D eigenvalue weighted by molar-refractivity contribution is 7.90. The predicted molar refractivity (Wildman–Crippen MR) is 119 cm³/mol. The van der Waals surface area contributed by atoms with Crippen molar-refractivity contribution in [2.24, 2.45) is 5.41 Å². The van der Waals surface area contributed by atoms with Crippen molar-refractivity contribution in [2.45, 2.75) is 68.9 Å². The van der Waals surface area contributed by atoms with Gasteiger partial charge in [-0.15, -0.1) is 0 Å². The molecular weight excluding hydrogens is 455 g/mol. The molecule has 1 amide bonds. The maximum atomic E-state index is 13.4. The Labute approximate surface area is 192 Å². The van der Waals surface area contributed by atoms with Crippen molar-refractivity contribution in [3.05, 3.63) is 52.9 Å². The van der Waals surface area contributed by atoms with Gasteiger partial charge in [0, 0.05) is 17.9 Å². The smallest absolute Gasteiger partial charge is 0.281 e. The Morgan fingerprint density at radius 1 is 1.16 bits per heavy atom. The fraction of sp³-hybridized carbons (Fsp3) is 0.478. The molecule has 1 aromatic heterocycles. The van der Waals surface area contributed by atoms with Gasteiger partial charge in [0.15, 0.2) is 10.6 Å². The first-order valence-corrected chi connectivity index (χ1v) is 12.5. The molecule has 0 unspecified atom stereocenters. The van der Waals surface area contributed by atoms with E-state index in [1.54, 1.807) is 6.07 Å². The Morgan fingerprint density at radius 2 is 1.84 bits per heavy atom. The Balaban J connectivity index is 1.54. The standard InChI is InChI=1S/C23H26ClFN2O4S/c1-22(2)10-8-15(9-11-22)17-7-6-16(24)14-18(17)31-23(12-13-23)21(28)27-32(29,30)20-5-3-4-19(25)26-20/h3-7,14-15H,8-13H2,1-2H3,(H,27,28). The molecule has 0 bridgehead atoms. The van der Waals surface area contributed by atoms with Crippen molar-refractivity contribution in [2.75, 3.05) is 0 Å². The number of hydrogen-bond donors (Lipinski definition) is 1. The molecule has 2 aliphatic rings. The normalized spacial score (nSPS) is 19.9. The van der Waals surface area contributed by atoms with E-state index in [1.165, 1.54) is 6.07 Å². The third-order valence-corrected chi connectivity index (χ3v) is 7.84. The van der Waals surface area contributed by atoms with E-state index in [9.17, 15) is 17.6 Å². The van der Waals surface area contributed by atoms with Gasteiger partial charge in [-0.05, 0) is 66.8 Å². The minimum atomic E-state index is -4.33. The number of carbonyl (C=O) groups is 1. The summed E-state index contributed by atoms with van der Waals surface area (Å²) in [5.74, 6) is -0.943. The monoisotopic (exact) mass is 480 g/mol. The van der Waals surface area contributed by atoms with Crippen LogP contribution in [0.2, 0.25) is 5.02 Å². The number of aromatic nitrogens is 1. The lowest BCUT2D eigenvalue weighted by Crippen LogP contribution is -2.43. The van der Waals surface area contributed by atoms with Crippen LogP contribution in [0, 0.1) is 11.4 Å². The molecule has 32 heavy (non-hydrogen) atoms. The summed E-state index contributed by atoms with van der Waals surface area (Å²) in [7, 11) is -4.33. The number of benzene rings is 1. The molecule has 0 spiro atoms. The van der Waals surface area contributed by atoms with Crippen LogP contribution in [0.4, 0.5) is 4.39 Å². The van der Waals surface area contributed by atoms with Gasteiger partial charge < -0.3 is 4.74 Å². The van der Waals surface area contributed by atoms with Crippen molar-refractivity contribution < 1.29 is 22.3 Å². The van der Waals surface area contributed by atoms with Crippen molar-refractivity contribution in [1.82, 2.24) is 9.71 Å². The van der Waals surface area contributed by atoms with E-state index in [0.717, 1.165) is 43.4 Å². The van der Waals surface area contributed by atoms with Crippen LogP contribution in [-0.2, 0) is 14.8 Å². The van der Waals surface area contributed by atoms with Gasteiger partial charge in [0.05, 0.1) is 0 Å². The third-order valence-electron chi connectivity index (χ3n) is 6.37. The number of hydrogen-bond acceptors (Lipinski definition) is 5. The van der Waals surface area contributed by atoms with Gasteiger partial charge >= 0.3 is 0 Å². The number of ether oxygens (including phenoxy) is 1. The first-order chi connectivity index (χ1) is 15.0. The van der Waals surface area contributed by atoms with Crippen molar-refractivity contribution >= 4 is 27.5 Å². The van der Waals surface area contributed by atoms with Gasteiger partial charge in [0.2, 0.25) is 5.95 Å². The van der Waals surface area contributed by atoms with Gasteiger partial charge in [-0.3, -0.25) is 4.79 Å². The highest BCUT2D eigenvalue weighted by Crippen LogP contribution is 2.48. The van der Waals surface area contributed by atoms with Crippen molar-refractivity contribution in [3.63, 3.8) is 0 Å². The van der Waals surface area contributed by atoms with E-state index in [4.69, 9.17) is 16.3 Å². The van der Waals surface area contributed by atoms with Crippen molar-refractivity contribution in [3.8, 4) is 5.75 Å². The number of amides is 1. The maximum absolute atomic E-state index is 13.4. The first-order valence-electron chi connectivity index (χ1n) is 10.7. The second kappa shape index (κ2) is 8.30. The Hall–Kier alpha value is -2.19. The molecule has 0 aliphatic heterocycles. The van der Waals surface area contributed by atoms with E-state index in [-0.39, 0.29) is 5.92 Å². The van der Waals surface area contributed by atoms with Crippen LogP contribution in [0.5, 0.6) is 5.75 Å². The summed E-state index contributed by atoms with van der Waals surface area (Å²) < 4.78 is 46.5. The number of sulfonamides is 1. The Bertz CT molecular complexity index is 1140. The third kappa shape index (κ3) is 4.91. The molecule has 1 aromatic carbocycles. The number of nitrogens with zero attached hydrogens (tertiary/aromatic N) is 1. The highest BCUT2D eigenvalue weighted by atomic mass is 35.5. The second-order valence-corrected chi connectivity index (χ2v) is 11.5. The summed E-state index contributed by atoms with van der Waals surface area (Å²) in [6, 6.07) is 8.80. The van der Waals surface area contributed by atoms with E-state index in [1.807, 2.05) is 16.9 Å². The van der Waals surface area contributed by atoms with Crippen LogP contribution in [0.25, 0.3) is 0 Å². The Kier molecular flexibility index (Phi) is 5.96. The maximum Gasteiger partial charge on any atom is 0.281 e. The lowest BCUT2D eigenvalue weighted by molar-refractivity contribution is -0.128. The quantitative estimate of drug-likeness (QED) is 0.590. The summed E-state index contributed by atoms with van der Waals surface area (Å²) in [6.07, 6.45) is 4.92. The highest BCUT2D eigenvalue weighted by Gasteiger charge is 2.54. The number of rotatable bonds is 6. The number of nitrogens with one attached hydrogen (secondary N) is 1. The van der Waals surface area contributed by atoms with Gasteiger partial charge in [-0.1, -0.05) is 37.6 Å². The van der Waals surface area contributed by atoms with E-state index < -0.39 is 32.5 Å². The SMILES string of the molecule is CC1(C)CCC(c2ccc(Cl)cc2OC2(C(=O)NS(=O)(=O)c3cccc(F)n3)CC2)CC1. The summed E-state index contributed by atoms with van der Waals surface area (Å²) in [6.45, 7) is 4.53. The summed E-state index contributed by atoms with van der Waals surface area (Å²) in [5, 5.41) is -0.0809. The zero-order chi connectivity index (χ0) is 23.1.